The first-order valence-electron chi connectivity index (χ1n) is 10.4. The smallest absolute Gasteiger partial charge is 0.252 e. The zero-order valence-corrected chi connectivity index (χ0v) is 19.0. The fraction of sp³-hybridized carbons (Fsp3) is 0.200. The first kappa shape index (κ1) is 22.8. The highest BCUT2D eigenvalue weighted by molar-refractivity contribution is 7.89. The number of hydrogen-bond acceptors (Lipinski definition) is 4. The Kier molecular flexibility index (Phi) is 6.14. The summed E-state index contributed by atoms with van der Waals surface area (Å²) in [5, 5.41) is 0. The second-order valence-electron chi connectivity index (χ2n) is 8.11. The van der Waals surface area contributed by atoms with E-state index in [1.54, 1.807) is 36.4 Å². The SMILES string of the molecule is Cc1ccc(CN(C2CC(=O)N(c3ccc(C)cc3)C2=O)S(=O)(=O)c2ccc(F)cc2)cc1. The van der Waals surface area contributed by atoms with E-state index in [2.05, 4.69) is 0 Å². The van der Waals surface area contributed by atoms with Gasteiger partial charge in [-0.15, -0.1) is 0 Å². The molecule has 0 radical (unpaired) electrons. The summed E-state index contributed by atoms with van der Waals surface area (Å²) in [5.41, 5.74) is 3.03. The lowest BCUT2D eigenvalue weighted by Crippen LogP contribution is -2.45. The van der Waals surface area contributed by atoms with Gasteiger partial charge in [0, 0.05) is 6.54 Å². The number of anilines is 1. The van der Waals surface area contributed by atoms with E-state index >= 15 is 0 Å². The Hall–Kier alpha value is -3.36. The van der Waals surface area contributed by atoms with Crippen LogP contribution in [-0.2, 0) is 26.2 Å². The zero-order valence-electron chi connectivity index (χ0n) is 18.2. The van der Waals surface area contributed by atoms with Gasteiger partial charge < -0.3 is 0 Å². The maximum atomic E-state index is 13.6. The molecule has 0 bridgehead atoms. The summed E-state index contributed by atoms with van der Waals surface area (Å²) in [6.07, 6.45) is -0.279. The Labute approximate surface area is 192 Å². The molecule has 33 heavy (non-hydrogen) atoms. The number of nitrogens with zero attached hydrogens (tertiary/aromatic N) is 2. The lowest BCUT2D eigenvalue weighted by molar-refractivity contribution is -0.122. The van der Waals surface area contributed by atoms with Gasteiger partial charge >= 0.3 is 0 Å². The van der Waals surface area contributed by atoms with Crippen molar-refractivity contribution in [3.8, 4) is 0 Å². The van der Waals surface area contributed by atoms with Gasteiger partial charge in [0.15, 0.2) is 0 Å². The predicted octanol–water partition coefficient (Wildman–Crippen LogP) is 3.97. The van der Waals surface area contributed by atoms with E-state index in [-0.39, 0.29) is 17.9 Å². The van der Waals surface area contributed by atoms with Gasteiger partial charge in [-0.05, 0) is 55.8 Å². The molecule has 1 unspecified atom stereocenters. The predicted molar refractivity (Wildman–Crippen MR) is 122 cm³/mol. The molecule has 1 fully saturated rings. The van der Waals surface area contributed by atoms with Crippen LogP contribution in [0.4, 0.5) is 10.1 Å². The molecule has 8 heteroatoms. The monoisotopic (exact) mass is 466 g/mol. The summed E-state index contributed by atoms with van der Waals surface area (Å²) in [5.74, 6) is -1.66. The van der Waals surface area contributed by atoms with E-state index in [1.807, 2.05) is 26.0 Å². The molecule has 1 heterocycles. The van der Waals surface area contributed by atoms with E-state index in [0.717, 1.165) is 44.6 Å². The minimum absolute atomic E-state index is 0.106. The van der Waals surface area contributed by atoms with Crippen LogP contribution in [0.15, 0.2) is 77.7 Å². The Morgan fingerprint density at radius 3 is 2.00 bits per heavy atom. The van der Waals surface area contributed by atoms with Crippen molar-refractivity contribution in [2.75, 3.05) is 4.90 Å². The highest BCUT2D eigenvalue weighted by Gasteiger charge is 2.47. The molecule has 6 nitrogen and oxygen atoms in total. The second kappa shape index (κ2) is 8.88. The zero-order chi connectivity index (χ0) is 23.8. The Balaban J connectivity index is 1.74. The van der Waals surface area contributed by atoms with Gasteiger partial charge in [0.1, 0.15) is 11.9 Å². The van der Waals surface area contributed by atoms with E-state index in [9.17, 15) is 22.4 Å². The molecular weight excluding hydrogens is 443 g/mol. The molecule has 0 saturated carbocycles. The molecule has 0 N–H and O–H groups in total. The first-order chi connectivity index (χ1) is 15.7. The van der Waals surface area contributed by atoms with Gasteiger partial charge in [0.25, 0.3) is 5.91 Å². The minimum Gasteiger partial charge on any atom is -0.274 e. The van der Waals surface area contributed by atoms with Crippen molar-refractivity contribution < 1.29 is 22.4 Å². The summed E-state index contributed by atoms with van der Waals surface area (Å²) >= 11 is 0. The molecule has 1 atom stereocenters. The van der Waals surface area contributed by atoms with Crippen LogP contribution in [0.2, 0.25) is 0 Å². The largest absolute Gasteiger partial charge is 0.274 e. The third-order valence-corrected chi connectivity index (χ3v) is 7.51. The number of imide groups is 1. The van der Waals surface area contributed by atoms with Crippen molar-refractivity contribution >= 4 is 27.5 Å². The van der Waals surface area contributed by atoms with Crippen LogP contribution in [-0.4, -0.2) is 30.6 Å². The van der Waals surface area contributed by atoms with Crippen LogP contribution in [0.3, 0.4) is 0 Å². The van der Waals surface area contributed by atoms with Gasteiger partial charge in [0.2, 0.25) is 15.9 Å². The van der Waals surface area contributed by atoms with Crippen molar-refractivity contribution in [3.63, 3.8) is 0 Å². The van der Waals surface area contributed by atoms with Crippen molar-refractivity contribution in [1.29, 1.82) is 0 Å². The van der Waals surface area contributed by atoms with Crippen LogP contribution in [0.25, 0.3) is 0 Å². The number of carbonyl (C=O) groups excluding carboxylic acids is 2. The Bertz CT molecular complexity index is 1290. The van der Waals surface area contributed by atoms with Crippen molar-refractivity contribution in [1.82, 2.24) is 4.31 Å². The van der Waals surface area contributed by atoms with Crippen LogP contribution in [0.1, 0.15) is 23.1 Å². The summed E-state index contributed by atoms with van der Waals surface area (Å²) in [7, 11) is -4.21. The lowest BCUT2D eigenvalue weighted by Gasteiger charge is -2.27. The van der Waals surface area contributed by atoms with Crippen molar-refractivity contribution in [2.24, 2.45) is 0 Å². The highest BCUT2D eigenvalue weighted by Crippen LogP contribution is 2.31. The fourth-order valence-electron chi connectivity index (χ4n) is 3.78. The van der Waals surface area contributed by atoms with E-state index < -0.39 is 33.7 Å². The third-order valence-electron chi connectivity index (χ3n) is 5.64. The third kappa shape index (κ3) is 4.58. The maximum absolute atomic E-state index is 13.6. The van der Waals surface area contributed by atoms with Crippen LogP contribution >= 0.6 is 0 Å². The Morgan fingerprint density at radius 2 is 1.42 bits per heavy atom. The van der Waals surface area contributed by atoms with Gasteiger partial charge in [-0.3, -0.25) is 9.59 Å². The number of carbonyl (C=O) groups is 2. The second-order valence-corrected chi connectivity index (χ2v) is 10.0. The molecule has 170 valence electrons. The molecule has 2 amide bonds. The normalized spacial score (nSPS) is 16.6. The summed E-state index contributed by atoms with van der Waals surface area (Å²) in [6, 6.07) is 17.3. The number of amides is 2. The summed E-state index contributed by atoms with van der Waals surface area (Å²) < 4.78 is 41.6. The summed E-state index contributed by atoms with van der Waals surface area (Å²) in [6.45, 7) is 3.69. The quantitative estimate of drug-likeness (QED) is 0.516. The van der Waals surface area contributed by atoms with Crippen LogP contribution in [0, 0.1) is 19.7 Å². The molecule has 1 aliphatic heterocycles. The molecule has 0 aromatic heterocycles. The number of sulfonamides is 1. The average molecular weight is 467 g/mol. The minimum atomic E-state index is -4.21. The van der Waals surface area contributed by atoms with E-state index in [0.29, 0.717) is 11.3 Å². The number of benzene rings is 3. The lowest BCUT2D eigenvalue weighted by atomic mass is 10.1. The standard InChI is InChI=1S/C25H23FN2O4S/c1-17-3-7-19(8-4-17)16-27(33(31,32)22-13-9-20(26)10-14-22)23-15-24(29)28(25(23)30)21-11-5-18(2)6-12-21/h3-14,23H,15-16H2,1-2H3. The van der Waals surface area contributed by atoms with E-state index in [1.165, 1.54) is 0 Å². The molecule has 0 spiro atoms. The topological polar surface area (TPSA) is 74.8 Å². The highest BCUT2D eigenvalue weighted by atomic mass is 32.2. The fourth-order valence-corrected chi connectivity index (χ4v) is 5.35. The molecule has 1 aliphatic rings. The summed E-state index contributed by atoms with van der Waals surface area (Å²) in [4.78, 5) is 27.1. The van der Waals surface area contributed by atoms with Crippen molar-refractivity contribution in [3.05, 3.63) is 95.3 Å². The van der Waals surface area contributed by atoms with Gasteiger partial charge in [-0.2, -0.15) is 4.31 Å². The number of halogens is 1. The van der Waals surface area contributed by atoms with Crippen molar-refractivity contribution in [2.45, 2.75) is 37.8 Å². The number of rotatable bonds is 6. The number of hydrogen-bond donors (Lipinski definition) is 0. The van der Waals surface area contributed by atoms with Crippen LogP contribution < -0.4 is 4.90 Å². The first-order valence-corrected chi connectivity index (χ1v) is 11.9. The van der Waals surface area contributed by atoms with Gasteiger partial charge in [-0.25, -0.2) is 17.7 Å². The van der Waals surface area contributed by atoms with E-state index in [4.69, 9.17) is 0 Å². The molecular formula is C25H23FN2O4S. The van der Waals surface area contributed by atoms with Crippen LogP contribution in [0.5, 0.6) is 0 Å². The molecule has 3 aromatic rings. The van der Waals surface area contributed by atoms with Gasteiger partial charge in [0.05, 0.1) is 17.0 Å². The molecule has 4 rings (SSSR count). The van der Waals surface area contributed by atoms with Gasteiger partial charge in [-0.1, -0.05) is 47.5 Å². The number of aryl methyl sites for hydroxylation is 2. The average Bonchev–Trinajstić information content (AvgIpc) is 3.07. The molecule has 0 aliphatic carbocycles. The Morgan fingerprint density at radius 1 is 0.879 bits per heavy atom. The molecule has 3 aromatic carbocycles. The maximum Gasteiger partial charge on any atom is 0.252 e. The molecule has 1 saturated heterocycles.